The molecule has 8 nitrogen and oxygen atoms in total. The van der Waals surface area contributed by atoms with E-state index in [1.54, 1.807) is 24.3 Å². The molecular formula is C31H37Cl3N2O6. The summed E-state index contributed by atoms with van der Waals surface area (Å²) in [7, 11) is 1.26. The molecule has 0 radical (unpaired) electrons. The fraction of sp³-hybridized carbons (Fsp3) is 0.484. The topological polar surface area (TPSA) is 111 Å². The van der Waals surface area contributed by atoms with Crippen LogP contribution in [0.5, 0.6) is 0 Å². The van der Waals surface area contributed by atoms with Crippen LogP contribution in [0.3, 0.4) is 0 Å². The summed E-state index contributed by atoms with van der Waals surface area (Å²) in [5.41, 5.74) is -0.965. The lowest BCUT2D eigenvalue weighted by molar-refractivity contribution is -0.173. The molecule has 0 bridgehead atoms. The maximum atomic E-state index is 13.5. The molecule has 0 spiro atoms. The minimum absolute atomic E-state index is 0.0953. The highest BCUT2D eigenvalue weighted by atomic mass is 35.5. The van der Waals surface area contributed by atoms with Crippen LogP contribution in [-0.2, 0) is 30.3 Å². The van der Waals surface area contributed by atoms with Crippen molar-refractivity contribution in [2.45, 2.75) is 72.4 Å². The number of esters is 2. The molecule has 0 heterocycles. The van der Waals surface area contributed by atoms with Gasteiger partial charge in [-0.25, -0.2) is 4.79 Å². The van der Waals surface area contributed by atoms with Gasteiger partial charge in [-0.15, -0.1) is 0 Å². The van der Waals surface area contributed by atoms with Crippen LogP contribution in [0.25, 0.3) is 0 Å². The molecule has 3 rings (SSSR count). The van der Waals surface area contributed by atoms with E-state index < -0.39 is 40.3 Å². The van der Waals surface area contributed by atoms with Gasteiger partial charge in [-0.1, -0.05) is 60.8 Å². The van der Waals surface area contributed by atoms with Gasteiger partial charge in [-0.2, -0.15) is 0 Å². The zero-order chi connectivity index (χ0) is 31.6. The summed E-state index contributed by atoms with van der Waals surface area (Å²) in [5.74, 6) is -2.30. The van der Waals surface area contributed by atoms with Gasteiger partial charge in [0.25, 0.3) is 5.91 Å². The monoisotopic (exact) mass is 638 g/mol. The van der Waals surface area contributed by atoms with E-state index in [4.69, 9.17) is 44.3 Å². The third-order valence-electron chi connectivity index (χ3n) is 8.08. The molecule has 0 unspecified atom stereocenters. The molecule has 1 saturated carbocycles. The molecule has 2 aromatic carbocycles. The van der Waals surface area contributed by atoms with E-state index in [-0.39, 0.29) is 33.9 Å². The summed E-state index contributed by atoms with van der Waals surface area (Å²) in [6.07, 6.45) is 1.10. The van der Waals surface area contributed by atoms with Crippen molar-refractivity contribution < 1.29 is 28.7 Å². The smallest absolute Gasteiger partial charge is 0.328 e. The number of anilines is 1. The van der Waals surface area contributed by atoms with E-state index in [1.807, 2.05) is 41.5 Å². The average Bonchev–Trinajstić information content (AvgIpc) is 3.12. The number of carbonyl (C=O) groups is 4. The molecule has 228 valence electrons. The summed E-state index contributed by atoms with van der Waals surface area (Å²) < 4.78 is 10.7. The first-order chi connectivity index (χ1) is 19.4. The number of halogens is 3. The molecule has 0 aliphatic heterocycles. The second-order valence-electron chi connectivity index (χ2n) is 12.3. The molecule has 11 heteroatoms. The molecule has 0 aromatic heterocycles. The van der Waals surface area contributed by atoms with Crippen molar-refractivity contribution in [3.63, 3.8) is 0 Å². The second kappa shape index (κ2) is 12.8. The molecule has 2 N–H and O–H groups in total. The van der Waals surface area contributed by atoms with Crippen molar-refractivity contribution in [3.8, 4) is 0 Å². The van der Waals surface area contributed by atoms with Gasteiger partial charge in [0, 0.05) is 23.0 Å². The van der Waals surface area contributed by atoms with Gasteiger partial charge in [0.2, 0.25) is 5.91 Å². The molecule has 1 aliphatic rings. The highest BCUT2D eigenvalue weighted by Crippen LogP contribution is 2.57. The zero-order valence-electron chi connectivity index (χ0n) is 24.8. The quantitative estimate of drug-likeness (QED) is 0.305. The average molecular weight is 640 g/mol. The maximum absolute atomic E-state index is 13.5. The summed E-state index contributed by atoms with van der Waals surface area (Å²) >= 11 is 18.2. The SMILES string of the molecule is COC(=O)[C@H](Cc1ccc(NC(=O)c2c(Cl)cc(Cl)cc2Cl)cc1)NC(=O)[C@H]1CC[C@@](C)(C(=O)OC(C)(C)C)C1(C)C. The van der Waals surface area contributed by atoms with Crippen LogP contribution in [0, 0.1) is 16.7 Å². The van der Waals surface area contributed by atoms with Crippen LogP contribution in [-0.4, -0.2) is 42.5 Å². The minimum atomic E-state index is -0.959. The van der Waals surface area contributed by atoms with E-state index in [0.29, 0.717) is 23.6 Å². The Morgan fingerprint density at radius 1 is 1.00 bits per heavy atom. The number of ether oxygens (including phenoxy) is 2. The predicted molar refractivity (Wildman–Crippen MR) is 164 cm³/mol. The van der Waals surface area contributed by atoms with Crippen LogP contribution >= 0.6 is 34.8 Å². The van der Waals surface area contributed by atoms with Crippen molar-refractivity contribution in [1.29, 1.82) is 0 Å². The number of hydrogen-bond donors (Lipinski definition) is 2. The molecule has 0 saturated heterocycles. The van der Waals surface area contributed by atoms with Crippen LogP contribution in [0.1, 0.15) is 70.3 Å². The van der Waals surface area contributed by atoms with E-state index in [0.717, 1.165) is 5.56 Å². The van der Waals surface area contributed by atoms with Gasteiger partial charge in [-0.05, 0) is 75.8 Å². The number of hydrogen-bond acceptors (Lipinski definition) is 6. The molecule has 1 aliphatic carbocycles. The lowest BCUT2D eigenvalue weighted by Crippen LogP contribution is -2.51. The lowest BCUT2D eigenvalue weighted by atomic mass is 9.65. The van der Waals surface area contributed by atoms with E-state index in [9.17, 15) is 19.2 Å². The first kappa shape index (κ1) is 33.7. The maximum Gasteiger partial charge on any atom is 0.328 e. The fourth-order valence-corrected chi connectivity index (χ4v) is 6.22. The fourth-order valence-electron chi connectivity index (χ4n) is 5.24. The van der Waals surface area contributed by atoms with Crippen LogP contribution in [0.4, 0.5) is 5.69 Å². The number of carbonyl (C=O) groups excluding carboxylic acids is 4. The van der Waals surface area contributed by atoms with Gasteiger partial charge < -0.3 is 20.1 Å². The normalized spacial score (nSPS) is 20.4. The Hall–Kier alpha value is -2.81. The van der Waals surface area contributed by atoms with Crippen molar-refractivity contribution in [2.24, 2.45) is 16.7 Å². The van der Waals surface area contributed by atoms with Gasteiger partial charge in [0.15, 0.2) is 0 Å². The second-order valence-corrected chi connectivity index (χ2v) is 13.6. The molecule has 42 heavy (non-hydrogen) atoms. The van der Waals surface area contributed by atoms with Crippen molar-refractivity contribution in [2.75, 3.05) is 12.4 Å². The van der Waals surface area contributed by atoms with E-state index in [2.05, 4.69) is 10.6 Å². The minimum Gasteiger partial charge on any atom is -0.467 e. The van der Waals surface area contributed by atoms with Crippen LogP contribution in [0.2, 0.25) is 15.1 Å². The van der Waals surface area contributed by atoms with Crippen LogP contribution in [0.15, 0.2) is 36.4 Å². The molecule has 1 fully saturated rings. The summed E-state index contributed by atoms with van der Waals surface area (Å²) in [6.45, 7) is 11.0. The Kier molecular flexibility index (Phi) is 10.3. The molecular weight excluding hydrogens is 603 g/mol. The number of rotatable bonds is 8. The number of amides is 2. The van der Waals surface area contributed by atoms with Crippen molar-refractivity contribution in [3.05, 3.63) is 62.6 Å². The van der Waals surface area contributed by atoms with Gasteiger partial charge in [-0.3, -0.25) is 14.4 Å². The summed E-state index contributed by atoms with van der Waals surface area (Å²) in [5, 5.41) is 6.13. The highest BCUT2D eigenvalue weighted by Gasteiger charge is 2.59. The Labute approximate surface area is 261 Å². The third-order valence-corrected chi connectivity index (χ3v) is 8.89. The first-order valence-electron chi connectivity index (χ1n) is 13.6. The Balaban J connectivity index is 1.71. The van der Waals surface area contributed by atoms with Gasteiger partial charge in [0.1, 0.15) is 11.6 Å². The summed E-state index contributed by atoms with van der Waals surface area (Å²) in [6, 6.07) is 8.67. The Bertz CT molecular complexity index is 1350. The number of methoxy groups -OCH3 is 1. The molecule has 2 amide bonds. The van der Waals surface area contributed by atoms with E-state index in [1.165, 1.54) is 19.2 Å². The summed E-state index contributed by atoms with van der Waals surface area (Å²) in [4.78, 5) is 52.1. The Morgan fingerprint density at radius 3 is 2.10 bits per heavy atom. The Morgan fingerprint density at radius 2 is 1.57 bits per heavy atom. The number of benzene rings is 2. The molecule has 3 atom stereocenters. The number of nitrogens with one attached hydrogen (secondary N) is 2. The lowest BCUT2D eigenvalue weighted by Gasteiger charge is -2.40. The predicted octanol–water partition coefficient (Wildman–Crippen LogP) is 6.88. The van der Waals surface area contributed by atoms with Crippen LogP contribution < -0.4 is 10.6 Å². The molecule has 2 aromatic rings. The third kappa shape index (κ3) is 7.39. The zero-order valence-corrected chi connectivity index (χ0v) is 27.1. The van der Waals surface area contributed by atoms with Gasteiger partial charge in [0.05, 0.1) is 28.1 Å². The largest absolute Gasteiger partial charge is 0.467 e. The standard InChI is InChI=1S/C31H37Cl3N2O6/c1-29(2,3)42-28(40)31(6)13-12-20(30(31,4)5)25(37)36-23(27(39)41-7)14-17-8-10-19(11-9-17)35-26(38)24-21(33)15-18(32)16-22(24)34/h8-11,15-16,20,23H,12-14H2,1-7H3,(H,35,38)(H,36,37)/t20-,23+,31+/m1/s1. The van der Waals surface area contributed by atoms with Crippen molar-refractivity contribution in [1.82, 2.24) is 5.32 Å². The van der Waals surface area contributed by atoms with Gasteiger partial charge >= 0.3 is 11.9 Å². The van der Waals surface area contributed by atoms with E-state index >= 15 is 0 Å². The first-order valence-corrected chi connectivity index (χ1v) is 14.7. The van der Waals surface area contributed by atoms with Crippen molar-refractivity contribution >= 4 is 64.2 Å². The highest BCUT2D eigenvalue weighted by molar-refractivity contribution is 6.42.